The molecule has 3 rings (SSSR count). The summed E-state index contributed by atoms with van der Waals surface area (Å²) in [4.78, 5) is 30.8. The van der Waals surface area contributed by atoms with Gasteiger partial charge in [-0.3, -0.25) is 4.79 Å². The number of likely N-dealkylation sites (N-methyl/N-ethyl adjacent to an activating group) is 2. The molecule has 1 heterocycles. The van der Waals surface area contributed by atoms with Crippen molar-refractivity contribution in [1.82, 2.24) is 24.7 Å². The Balaban J connectivity index is 1.72. The van der Waals surface area contributed by atoms with E-state index in [-0.39, 0.29) is 11.7 Å². The molecule has 0 atom stereocenters. The highest BCUT2D eigenvalue weighted by Gasteiger charge is 2.18. The van der Waals surface area contributed by atoms with Crippen molar-refractivity contribution in [3.05, 3.63) is 83.0 Å². The van der Waals surface area contributed by atoms with Crippen molar-refractivity contribution in [1.29, 1.82) is 0 Å². The Hall–Kier alpha value is -2.65. The molecule has 0 saturated heterocycles. The van der Waals surface area contributed by atoms with Gasteiger partial charge in [-0.2, -0.15) is 0 Å². The monoisotopic (exact) mass is 540 g/mol. The fourth-order valence-electron chi connectivity index (χ4n) is 3.65. The molecule has 0 bridgehead atoms. The predicted octanol–water partition coefficient (Wildman–Crippen LogP) is 4.38. The molecule has 1 aromatic heterocycles. The zero-order valence-corrected chi connectivity index (χ0v) is 23.8. The number of halogens is 1. The molecule has 198 valence electrons. The molecule has 1 amide bonds. The SMILES string of the molecule is CN(C)CCN(Cc1ccccc1)C(=O)CSc1nc(Cl)cc(N(CCN(C)C)Cc2ccccc2)n1. The van der Waals surface area contributed by atoms with Gasteiger partial charge in [-0.05, 0) is 39.3 Å². The van der Waals surface area contributed by atoms with E-state index in [4.69, 9.17) is 16.6 Å². The highest BCUT2D eigenvalue weighted by molar-refractivity contribution is 7.99. The molecule has 0 aliphatic heterocycles. The number of nitrogens with zero attached hydrogens (tertiary/aromatic N) is 6. The second kappa shape index (κ2) is 14.9. The number of carbonyl (C=O) groups excluding carboxylic acids is 1. The summed E-state index contributed by atoms with van der Waals surface area (Å²) in [5, 5.41) is 0.877. The molecular weight excluding hydrogens is 504 g/mol. The third-order valence-electron chi connectivity index (χ3n) is 5.73. The van der Waals surface area contributed by atoms with Crippen LogP contribution in [0.15, 0.2) is 71.9 Å². The summed E-state index contributed by atoms with van der Waals surface area (Å²) >= 11 is 7.76. The van der Waals surface area contributed by atoms with Gasteiger partial charge in [0.1, 0.15) is 11.0 Å². The Kier molecular flexibility index (Phi) is 11.7. The summed E-state index contributed by atoms with van der Waals surface area (Å²) in [5.41, 5.74) is 2.30. The molecule has 0 saturated carbocycles. The van der Waals surface area contributed by atoms with E-state index in [1.807, 2.05) is 67.5 Å². The molecule has 0 spiro atoms. The van der Waals surface area contributed by atoms with Crippen molar-refractivity contribution in [3.63, 3.8) is 0 Å². The minimum Gasteiger partial charge on any atom is -0.351 e. The van der Waals surface area contributed by atoms with Crippen LogP contribution in [0.3, 0.4) is 0 Å². The van der Waals surface area contributed by atoms with Gasteiger partial charge in [-0.25, -0.2) is 9.97 Å². The quantitative estimate of drug-likeness (QED) is 0.171. The third-order valence-corrected chi connectivity index (χ3v) is 6.75. The van der Waals surface area contributed by atoms with Crippen LogP contribution in [0.2, 0.25) is 5.15 Å². The van der Waals surface area contributed by atoms with Crippen LogP contribution < -0.4 is 4.90 Å². The minimum absolute atomic E-state index is 0.0505. The molecule has 0 unspecified atom stereocenters. The summed E-state index contributed by atoms with van der Waals surface area (Å²) in [6.07, 6.45) is 0. The van der Waals surface area contributed by atoms with Crippen LogP contribution in [0.4, 0.5) is 5.82 Å². The number of thioether (sulfide) groups is 1. The maximum absolute atomic E-state index is 13.2. The zero-order valence-electron chi connectivity index (χ0n) is 22.2. The van der Waals surface area contributed by atoms with Crippen molar-refractivity contribution in [2.75, 3.05) is 65.0 Å². The van der Waals surface area contributed by atoms with Gasteiger partial charge in [-0.1, -0.05) is 84.0 Å². The predicted molar refractivity (Wildman–Crippen MR) is 154 cm³/mol. The van der Waals surface area contributed by atoms with Crippen LogP contribution in [0.1, 0.15) is 11.1 Å². The van der Waals surface area contributed by atoms with Crippen molar-refractivity contribution in [2.45, 2.75) is 18.2 Å². The van der Waals surface area contributed by atoms with Gasteiger partial charge < -0.3 is 19.6 Å². The Morgan fingerprint density at radius 1 is 0.784 bits per heavy atom. The fraction of sp³-hybridized carbons (Fsp3) is 0.393. The molecule has 0 fully saturated rings. The number of amides is 1. The second-order valence-corrected chi connectivity index (χ2v) is 10.8. The van der Waals surface area contributed by atoms with E-state index in [0.29, 0.717) is 29.9 Å². The van der Waals surface area contributed by atoms with E-state index >= 15 is 0 Å². The van der Waals surface area contributed by atoms with Crippen molar-refractivity contribution >= 4 is 35.1 Å². The first-order chi connectivity index (χ1) is 17.8. The van der Waals surface area contributed by atoms with Gasteiger partial charge in [0.05, 0.1) is 5.75 Å². The van der Waals surface area contributed by atoms with Gasteiger partial charge in [0.25, 0.3) is 0 Å². The minimum atomic E-state index is 0.0505. The summed E-state index contributed by atoms with van der Waals surface area (Å²) in [6, 6.07) is 22.2. The maximum atomic E-state index is 13.2. The summed E-state index contributed by atoms with van der Waals surface area (Å²) < 4.78 is 0. The summed E-state index contributed by atoms with van der Waals surface area (Å²) in [6.45, 7) is 4.38. The molecular formula is C28H37ClN6OS. The van der Waals surface area contributed by atoms with E-state index in [0.717, 1.165) is 31.0 Å². The number of hydrogen-bond donors (Lipinski definition) is 0. The molecule has 0 aliphatic rings. The summed E-state index contributed by atoms with van der Waals surface area (Å²) in [5.74, 6) is 1.06. The first kappa shape index (κ1) is 28.9. The van der Waals surface area contributed by atoms with Crippen LogP contribution in [-0.2, 0) is 17.9 Å². The molecule has 2 aromatic carbocycles. The standard InChI is InChI=1S/C28H37ClN6OS/c1-32(2)15-17-34(20-23-11-7-5-8-12-23)26-19-25(29)30-28(31-26)37-22-27(36)35(18-16-33(3)4)21-24-13-9-6-10-14-24/h5-14,19H,15-18,20-22H2,1-4H3. The number of carbonyl (C=O) groups is 1. The first-order valence-electron chi connectivity index (χ1n) is 12.4. The van der Waals surface area contributed by atoms with Crippen LogP contribution in [0.5, 0.6) is 0 Å². The van der Waals surface area contributed by atoms with Gasteiger partial charge in [0.2, 0.25) is 5.91 Å². The molecule has 0 N–H and O–H groups in total. The third kappa shape index (κ3) is 10.3. The summed E-state index contributed by atoms with van der Waals surface area (Å²) in [7, 11) is 8.13. The molecule has 0 radical (unpaired) electrons. The fourth-order valence-corrected chi connectivity index (χ4v) is 4.63. The van der Waals surface area contributed by atoms with Crippen molar-refractivity contribution in [2.24, 2.45) is 0 Å². The molecule has 3 aromatic rings. The maximum Gasteiger partial charge on any atom is 0.233 e. The van der Waals surface area contributed by atoms with Crippen LogP contribution >= 0.6 is 23.4 Å². The van der Waals surface area contributed by atoms with Gasteiger partial charge >= 0.3 is 0 Å². The number of rotatable bonds is 14. The average Bonchev–Trinajstić information content (AvgIpc) is 2.88. The molecule has 0 aliphatic carbocycles. The number of anilines is 1. The van der Waals surface area contributed by atoms with E-state index in [9.17, 15) is 4.79 Å². The number of benzene rings is 2. The second-order valence-electron chi connectivity index (χ2n) is 9.43. The van der Waals surface area contributed by atoms with E-state index in [1.54, 1.807) is 6.07 Å². The lowest BCUT2D eigenvalue weighted by Crippen LogP contribution is -2.37. The topological polar surface area (TPSA) is 55.8 Å². The molecule has 9 heteroatoms. The van der Waals surface area contributed by atoms with Crippen molar-refractivity contribution in [3.8, 4) is 0 Å². The van der Waals surface area contributed by atoms with Crippen LogP contribution in [0, 0.1) is 0 Å². The van der Waals surface area contributed by atoms with E-state index in [1.165, 1.54) is 17.3 Å². The zero-order chi connectivity index (χ0) is 26.6. The van der Waals surface area contributed by atoms with Gasteiger partial charge in [-0.15, -0.1) is 0 Å². The Morgan fingerprint density at radius 3 is 1.95 bits per heavy atom. The van der Waals surface area contributed by atoms with Crippen LogP contribution in [-0.4, -0.2) is 90.7 Å². The smallest absolute Gasteiger partial charge is 0.233 e. The molecule has 37 heavy (non-hydrogen) atoms. The highest BCUT2D eigenvalue weighted by Crippen LogP contribution is 2.24. The van der Waals surface area contributed by atoms with Crippen molar-refractivity contribution < 1.29 is 4.79 Å². The average molecular weight is 541 g/mol. The Labute approximate surface area is 230 Å². The van der Waals surface area contributed by atoms with E-state index in [2.05, 4.69) is 45.9 Å². The number of hydrogen-bond acceptors (Lipinski definition) is 7. The molecule has 7 nitrogen and oxygen atoms in total. The Bertz CT molecular complexity index is 1100. The lowest BCUT2D eigenvalue weighted by molar-refractivity contribution is -0.129. The lowest BCUT2D eigenvalue weighted by Gasteiger charge is -2.26. The van der Waals surface area contributed by atoms with Gasteiger partial charge in [0, 0.05) is 45.3 Å². The Morgan fingerprint density at radius 2 is 1.35 bits per heavy atom. The normalized spacial score (nSPS) is 11.2. The lowest BCUT2D eigenvalue weighted by atomic mass is 10.2. The largest absolute Gasteiger partial charge is 0.351 e. The van der Waals surface area contributed by atoms with Gasteiger partial charge in [0.15, 0.2) is 5.16 Å². The first-order valence-corrected chi connectivity index (χ1v) is 13.7. The number of aromatic nitrogens is 2. The highest BCUT2D eigenvalue weighted by atomic mass is 35.5. The van der Waals surface area contributed by atoms with Crippen LogP contribution in [0.25, 0.3) is 0 Å². The van der Waals surface area contributed by atoms with E-state index < -0.39 is 0 Å².